The number of anilines is 1. The van der Waals surface area contributed by atoms with Crippen molar-refractivity contribution in [3.8, 4) is 11.5 Å². The molecule has 5 nitrogen and oxygen atoms in total. The predicted molar refractivity (Wildman–Crippen MR) is 103 cm³/mol. The van der Waals surface area contributed by atoms with E-state index < -0.39 is 5.91 Å². The Balaban J connectivity index is 1.84. The van der Waals surface area contributed by atoms with E-state index in [-0.39, 0.29) is 27.0 Å². The number of hydrogen-bond acceptors (Lipinski definition) is 4. The van der Waals surface area contributed by atoms with Crippen LogP contribution < -0.4 is 14.8 Å². The third-order valence-corrected chi connectivity index (χ3v) is 5.23. The molecular formula is C18H17Cl3N2O3. The van der Waals surface area contributed by atoms with Gasteiger partial charge in [0.1, 0.15) is 10.2 Å². The Hall–Kier alpha value is -1.69. The molecule has 8 heteroatoms. The van der Waals surface area contributed by atoms with Gasteiger partial charge in [-0.15, -0.1) is 0 Å². The van der Waals surface area contributed by atoms with Gasteiger partial charge in [-0.05, 0) is 43.9 Å². The van der Waals surface area contributed by atoms with Crippen LogP contribution in [-0.2, 0) is 0 Å². The predicted octanol–water partition coefficient (Wildman–Crippen LogP) is 5.62. The van der Waals surface area contributed by atoms with Crippen molar-refractivity contribution in [3.05, 3.63) is 45.2 Å². The number of ether oxygens (including phenoxy) is 2. The van der Waals surface area contributed by atoms with E-state index in [4.69, 9.17) is 44.3 Å². The highest BCUT2D eigenvalue weighted by molar-refractivity contribution is 6.45. The van der Waals surface area contributed by atoms with Gasteiger partial charge in [-0.1, -0.05) is 34.8 Å². The van der Waals surface area contributed by atoms with Crippen LogP contribution in [0.1, 0.15) is 36.0 Å². The lowest BCUT2D eigenvalue weighted by molar-refractivity contribution is 0.102. The summed E-state index contributed by atoms with van der Waals surface area (Å²) in [5, 5.41) is 3.02. The molecule has 138 valence electrons. The highest BCUT2D eigenvalue weighted by Gasteiger charge is 2.20. The molecule has 1 fully saturated rings. The Morgan fingerprint density at radius 1 is 1.19 bits per heavy atom. The quantitative estimate of drug-likeness (QED) is 0.643. The second-order valence-electron chi connectivity index (χ2n) is 5.93. The number of methoxy groups -OCH3 is 1. The Labute approximate surface area is 166 Å². The van der Waals surface area contributed by atoms with E-state index in [1.54, 1.807) is 25.3 Å². The van der Waals surface area contributed by atoms with Gasteiger partial charge in [0.15, 0.2) is 11.5 Å². The number of nitrogens with zero attached hydrogens (tertiary/aromatic N) is 1. The van der Waals surface area contributed by atoms with Crippen LogP contribution in [0.4, 0.5) is 5.69 Å². The minimum atomic E-state index is -0.394. The molecule has 1 N–H and O–H groups in total. The van der Waals surface area contributed by atoms with Crippen molar-refractivity contribution in [2.24, 2.45) is 0 Å². The summed E-state index contributed by atoms with van der Waals surface area (Å²) >= 11 is 18.0. The first kappa shape index (κ1) is 19.1. The summed E-state index contributed by atoms with van der Waals surface area (Å²) in [6.07, 6.45) is 5.76. The molecule has 0 aliphatic heterocycles. The molecule has 0 radical (unpaired) electrons. The molecule has 1 aliphatic carbocycles. The summed E-state index contributed by atoms with van der Waals surface area (Å²) < 4.78 is 11.4. The average molecular weight is 416 g/mol. The van der Waals surface area contributed by atoms with E-state index in [0.29, 0.717) is 17.1 Å². The number of amides is 1. The maximum atomic E-state index is 12.6. The lowest BCUT2D eigenvalue weighted by Crippen LogP contribution is -2.15. The fraction of sp³-hybridized carbons (Fsp3) is 0.333. The molecular weight excluding hydrogens is 399 g/mol. The van der Waals surface area contributed by atoms with Crippen molar-refractivity contribution in [2.45, 2.75) is 31.8 Å². The summed E-state index contributed by atoms with van der Waals surface area (Å²) in [5.41, 5.74) is 0.603. The van der Waals surface area contributed by atoms with Crippen LogP contribution in [0.2, 0.25) is 15.2 Å². The standard InChI is InChI=1S/C18H17Cl3N2O3/c1-25-13-7-6-10(8-14(13)26-11-4-2-3-5-11)18(24)23-16-12(19)9-22-17(21)15(16)20/h6-9,11H,2-5H2,1H3,(H,22,23,24). The Morgan fingerprint density at radius 2 is 1.92 bits per heavy atom. The van der Waals surface area contributed by atoms with Gasteiger partial charge in [-0.2, -0.15) is 0 Å². The van der Waals surface area contributed by atoms with E-state index in [1.165, 1.54) is 6.20 Å². The molecule has 3 rings (SSSR count). The van der Waals surface area contributed by atoms with Crippen LogP contribution in [0, 0.1) is 0 Å². The lowest BCUT2D eigenvalue weighted by atomic mass is 10.1. The minimum absolute atomic E-state index is 0.0614. The van der Waals surface area contributed by atoms with Gasteiger partial charge in [-0.25, -0.2) is 4.98 Å². The van der Waals surface area contributed by atoms with Gasteiger partial charge in [0.25, 0.3) is 5.91 Å². The Morgan fingerprint density at radius 3 is 2.62 bits per heavy atom. The Bertz CT molecular complexity index is 824. The molecule has 26 heavy (non-hydrogen) atoms. The van der Waals surface area contributed by atoms with Crippen molar-refractivity contribution in [3.63, 3.8) is 0 Å². The Kier molecular flexibility index (Phi) is 6.12. The first-order valence-electron chi connectivity index (χ1n) is 8.15. The monoisotopic (exact) mass is 414 g/mol. The highest BCUT2D eigenvalue weighted by atomic mass is 35.5. The largest absolute Gasteiger partial charge is 0.493 e. The molecule has 1 aromatic carbocycles. The number of hydrogen-bond donors (Lipinski definition) is 1. The molecule has 2 aromatic rings. The number of nitrogens with one attached hydrogen (secondary N) is 1. The van der Waals surface area contributed by atoms with E-state index in [2.05, 4.69) is 10.3 Å². The first-order valence-corrected chi connectivity index (χ1v) is 9.28. The summed E-state index contributed by atoms with van der Waals surface area (Å²) in [5.74, 6) is 0.725. The maximum Gasteiger partial charge on any atom is 0.255 e. The number of pyridine rings is 1. The van der Waals surface area contributed by atoms with Crippen molar-refractivity contribution in [1.82, 2.24) is 4.98 Å². The maximum absolute atomic E-state index is 12.6. The van der Waals surface area contributed by atoms with E-state index in [9.17, 15) is 4.79 Å². The summed E-state index contributed by atoms with van der Waals surface area (Å²) in [7, 11) is 1.56. The fourth-order valence-corrected chi connectivity index (χ4v) is 3.42. The minimum Gasteiger partial charge on any atom is -0.493 e. The van der Waals surface area contributed by atoms with Crippen LogP contribution in [-0.4, -0.2) is 24.1 Å². The van der Waals surface area contributed by atoms with Crippen LogP contribution in [0.15, 0.2) is 24.4 Å². The number of rotatable bonds is 5. The first-order chi connectivity index (χ1) is 12.5. The summed E-state index contributed by atoms with van der Waals surface area (Å²) in [6.45, 7) is 0. The number of carbonyl (C=O) groups excluding carboxylic acids is 1. The molecule has 0 bridgehead atoms. The van der Waals surface area contributed by atoms with Crippen LogP contribution in [0.25, 0.3) is 0 Å². The molecule has 1 amide bonds. The smallest absolute Gasteiger partial charge is 0.255 e. The topological polar surface area (TPSA) is 60.5 Å². The highest BCUT2D eigenvalue weighted by Crippen LogP contribution is 2.36. The number of benzene rings is 1. The zero-order chi connectivity index (χ0) is 18.7. The molecule has 1 aromatic heterocycles. The van der Waals surface area contributed by atoms with Gasteiger partial charge >= 0.3 is 0 Å². The molecule has 1 aliphatic rings. The second-order valence-corrected chi connectivity index (χ2v) is 7.07. The molecule has 0 saturated heterocycles. The molecule has 0 unspecified atom stereocenters. The number of carbonyl (C=O) groups is 1. The number of aromatic nitrogens is 1. The van der Waals surface area contributed by atoms with Gasteiger partial charge in [0, 0.05) is 11.8 Å². The SMILES string of the molecule is COc1ccc(C(=O)Nc2c(Cl)cnc(Cl)c2Cl)cc1OC1CCCC1. The normalized spacial score (nSPS) is 14.3. The van der Waals surface area contributed by atoms with E-state index >= 15 is 0 Å². The summed E-state index contributed by atoms with van der Waals surface area (Å²) in [4.78, 5) is 16.5. The average Bonchev–Trinajstić information content (AvgIpc) is 3.15. The van der Waals surface area contributed by atoms with Crippen LogP contribution in [0.5, 0.6) is 11.5 Å². The van der Waals surface area contributed by atoms with Gasteiger partial charge < -0.3 is 14.8 Å². The van der Waals surface area contributed by atoms with Gasteiger partial charge in [0.05, 0.1) is 23.9 Å². The van der Waals surface area contributed by atoms with E-state index in [1.807, 2.05) is 0 Å². The van der Waals surface area contributed by atoms with Gasteiger partial charge in [-0.3, -0.25) is 4.79 Å². The zero-order valence-corrected chi connectivity index (χ0v) is 16.3. The van der Waals surface area contributed by atoms with Gasteiger partial charge in [0.2, 0.25) is 0 Å². The third-order valence-electron chi connectivity index (χ3n) is 4.19. The summed E-state index contributed by atoms with van der Waals surface area (Å²) in [6, 6.07) is 4.99. The van der Waals surface area contributed by atoms with Crippen LogP contribution in [0.3, 0.4) is 0 Å². The van der Waals surface area contributed by atoms with Crippen molar-refractivity contribution in [1.29, 1.82) is 0 Å². The molecule has 1 saturated carbocycles. The molecule has 0 atom stereocenters. The third kappa shape index (κ3) is 4.17. The zero-order valence-electron chi connectivity index (χ0n) is 14.0. The van der Waals surface area contributed by atoms with Crippen molar-refractivity contribution >= 4 is 46.4 Å². The number of halogens is 3. The fourth-order valence-electron chi connectivity index (χ4n) is 2.84. The van der Waals surface area contributed by atoms with E-state index in [0.717, 1.165) is 25.7 Å². The molecule has 1 heterocycles. The van der Waals surface area contributed by atoms with Crippen LogP contribution >= 0.6 is 34.8 Å². The molecule has 0 spiro atoms. The van der Waals surface area contributed by atoms with Crippen molar-refractivity contribution < 1.29 is 14.3 Å². The van der Waals surface area contributed by atoms with Crippen molar-refractivity contribution in [2.75, 3.05) is 12.4 Å². The lowest BCUT2D eigenvalue weighted by Gasteiger charge is -2.17. The second kappa shape index (κ2) is 8.33.